The molecule has 1 fully saturated rings. The molecule has 3 N–H and O–H groups in total. The molecule has 0 amide bonds. The van der Waals surface area contributed by atoms with Crippen LogP contribution in [0.15, 0.2) is 12.3 Å². The molecule has 0 radical (unpaired) electrons. The first-order chi connectivity index (χ1) is 9.56. The Kier molecular flexibility index (Phi) is 4.12. The van der Waals surface area contributed by atoms with E-state index < -0.39 is 4.92 Å². The molecule has 3 atom stereocenters. The molecule has 1 heterocycles. The van der Waals surface area contributed by atoms with Crippen LogP contribution in [-0.4, -0.2) is 34.7 Å². The summed E-state index contributed by atoms with van der Waals surface area (Å²) in [4.78, 5) is 14.4. The number of nitro groups is 1. The molecule has 0 aliphatic heterocycles. The van der Waals surface area contributed by atoms with Crippen LogP contribution in [-0.2, 0) is 4.74 Å². The summed E-state index contributed by atoms with van der Waals surface area (Å²) in [6.45, 7) is 2.43. The normalized spacial score (nSPS) is 24.6. The van der Waals surface area contributed by atoms with Gasteiger partial charge >= 0.3 is 5.69 Å². The molecule has 1 saturated carbocycles. The van der Waals surface area contributed by atoms with Gasteiger partial charge in [0, 0.05) is 24.9 Å². The fourth-order valence-electron chi connectivity index (χ4n) is 2.15. The van der Waals surface area contributed by atoms with Crippen molar-refractivity contribution in [2.75, 3.05) is 11.9 Å². The van der Waals surface area contributed by atoms with Gasteiger partial charge in [-0.3, -0.25) is 10.1 Å². The maximum Gasteiger partial charge on any atom is 0.312 e. The third kappa shape index (κ3) is 2.68. The summed E-state index contributed by atoms with van der Waals surface area (Å²) in [6.07, 6.45) is 1.91. The van der Waals surface area contributed by atoms with Crippen molar-refractivity contribution < 1.29 is 9.66 Å². The first-order valence-electron chi connectivity index (χ1n) is 6.25. The van der Waals surface area contributed by atoms with E-state index in [1.807, 2.05) is 13.0 Å². The van der Waals surface area contributed by atoms with Crippen LogP contribution < -0.4 is 11.1 Å². The monoisotopic (exact) mass is 277 g/mol. The predicted molar refractivity (Wildman–Crippen MR) is 71.0 cm³/mol. The highest BCUT2D eigenvalue weighted by Crippen LogP contribution is 2.29. The van der Waals surface area contributed by atoms with E-state index in [9.17, 15) is 10.1 Å². The summed E-state index contributed by atoms with van der Waals surface area (Å²) >= 11 is 0. The Morgan fingerprint density at radius 3 is 3.05 bits per heavy atom. The third-order valence-corrected chi connectivity index (χ3v) is 3.24. The fourth-order valence-corrected chi connectivity index (χ4v) is 2.15. The SMILES string of the molecule is CCOC1CC(N)C1Nc1ncc(C#N)cc1[N+](=O)[O-]. The number of anilines is 1. The van der Waals surface area contributed by atoms with E-state index in [-0.39, 0.29) is 35.3 Å². The lowest BCUT2D eigenvalue weighted by atomic mass is 9.83. The second-order valence-corrected chi connectivity index (χ2v) is 4.52. The number of hydrogen-bond acceptors (Lipinski definition) is 7. The smallest absolute Gasteiger partial charge is 0.312 e. The molecule has 1 aliphatic rings. The molecular weight excluding hydrogens is 262 g/mol. The maximum absolute atomic E-state index is 11.0. The lowest BCUT2D eigenvalue weighted by Crippen LogP contribution is -2.60. The van der Waals surface area contributed by atoms with Crippen molar-refractivity contribution in [3.8, 4) is 6.07 Å². The predicted octanol–water partition coefficient (Wildman–Crippen LogP) is 0.778. The molecule has 1 aliphatic carbocycles. The van der Waals surface area contributed by atoms with Gasteiger partial charge in [-0.25, -0.2) is 4.98 Å². The number of nitrogens with two attached hydrogens (primary N) is 1. The number of pyridine rings is 1. The summed E-state index contributed by atoms with van der Waals surface area (Å²) < 4.78 is 5.49. The summed E-state index contributed by atoms with van der Waals surface area (Å²) in [5, 5.41) is 22.7. The van der Waals surface area contributed by atoms with Crippen molar-refractivity contribution in [2.45, 2.75) is 31.5 Å². The molecule has 8 heteroatoms. The molecule has 0 saturated heterocycles. The van der Waals surface area contributed by atoms with Gasteiger partial charge in [0.2, 0.25) is 5.82 Å². The van der Waals surface area contributed by atoms with Crippen LogP contribution in [0.25, 0.3) is 0 Å². The zero-order chi connectivity index (χ0) is 14.7. The lowest BCUT2D eigenvalue weighted by Gasteiger charge is -2.42. The van der Waals surface area contributed by atoms with Gasteiger partial charge in [0.15, 0.2) is 0 Å². The molecule has 106 valence electrons. The largest absolute Gasteiger partial charge is 0.376 e. The minimum atomic E-state index is -0.573. The molecule has 2 rings (SSSR count). The van der Waals surface area contributed by atoms with Crippen LogP contribution in [0, 0.1) is 21.4 Å². The minimum Gasteiger partial charge on any atom is -0.376 e. The number of nitriles is 1. The molecule has 1 aromatic rings. The van der Waals surface area contributed by atoms with Crippen molar-refractivity contribution >= 4 is 11.5 Å². The second kappa shape index (κ2) is 5.81. The molecule has 3 unspecified atom stereocenters. The van der Waals surface area contributed by atoms with E-state index in [0.717, 1.165) is 0 Å². The topological polar surface area (TPSA) is 127 Å². The highest BCUT2D eigenvalue weighted by atomic mass is 16.6. The Morgan fingerprint density at radius 2 is 2.50 bits per heavy atom. The van der Waals surface area contributed by atoms with E-state index in [4.69, 9.17) is 15.7 Å². The zero-order valence-electron chi connectivity index (χ0n) is 10.9. The number of rotatable bonds is 5. The number of hydrogen-bond donors (Lipinski definition) is 2. The quantitative estimate of drug-likeness (QED) is 0.601. The van der Waals surface area contributed by atoms with Crippen molar-refractivity contribution in [2.24, 2.45) is 5.73 Å². The zero-order valence-corrected chi connectivity index (χ0v) is 10.9. The maximum atomic E-state index is 11.0. The van der Waals surface area contributed by atoms with Gasteiger partial charge < -0.3 is 15.8 Å². The molecule has 20 heavy (non-hydrogen) atoms. The average molecular weight is 277 g/mol. The average Bonchev–Trinajstić information content (AvgIpc) is 2.44. The van der Waals surface area contributed by atoms with Crippen LogP contribution in [0.4, 0.5) is 11.5 Å². The summed E-state index contributed by atoms with van der Waals surface area (Å²) in [6, 6.07) is 2.66. The summed E-state index contributed by atoms with van der Waals surface area (Å²) in [5.41, 5.74) is 5.78. The van der Waals surface area contributed by atoms with Crippen molar-refractivity contribution in [3.63, 3.8) is 0 Å². The van der Waals surface area contributed by atoms with Gasteiger partial charge in [-0.1, -0.05) is 0 Å². The minimum absolute atomic E-state index is 0.0768. The number of nitrogens with zero attached hydrogens (tertiary/aromatic N) is 3. The van der Waals surface area contributed by atoms with Crippen LogP contribution >= 0.6 is 0 Å². The molecule has 0 aromatic carbocycles. The van der Waals surface area contributed by atoms with Crippen LogP contribution in [0.5, 0.6) is 0 Å². The van der Waals surface area contributed by atoms with Gasteiger partial charge in [0.1, 0.15) is 6.07 Å². The number of ether oxygens (including phenoxy) is 1. The highest BCUT2D eigenvalue weighted by Gasteiger charge is 2.40. The standard InChI is InChI=1S/C12H15N5O3/c1-2-20-10-4-8(14)11(10)16-12-9(17(18)19)3-7(5-13)6-15-12/h3,6,8,10-11H,2,4,14H2,1H3,(H,15,16). The molecule has 8 nitrogen and oxygen atoms in total. The Bertz CT molecular complexity index is 555. The van der Waals surface area contributed by atoms with Gasteiger partial charge in [-0.2, -0.15) is 5.26 Å². The van der Waals surface area contributed by atoms with E-state index >= 15 is 0 Å². The highest BCUT2D eigenvalue weighted by molar-refractivity contribution is 5.59. The molecular formula is C12H15N5O3. The van der Waals surface area contributed by atoms with Crippen molar-refractivity contribution in [1.82, 2.24) is 4.98 Å². The molecule has 0 spiro atoms. The molecule has 0 bridgehead atoms. The van der Waals surface area contributed by atoms with Crippen molar-refractivity contribution in [1.29, 1.82) is 5.26 Å². The first kappa shape index (κ1) is 14.2. The Hall–Kier alpha value is -2.24. The Morgan fingerprint density at radius 1 is 1.75 bits per heavy atom. The fraction of sp³-hybridized carbons (Fsp3) is 0.500. The summed E-state index contributed by atoms with van der Waals surface area (Å²) in [7, 11) is 0. The van der Waals surface area contributed by atoms with E-state index in [1.165, 1.54) is 12.3 Å². The van der Waals surface area contributed by atoms with Gasteiger partial charge in [-0.05, 0) is 13.3 Å². The van der Waals surface area contributed by atoms with Gasteiger partial charge in [0.25, 0.3) is 0 Å². The Labute approximate surface area is 115 Å². The van der Waals surface area contributed by atoms with Crippen LogP contribution in [0.2, 0.25) is 0 Å². The van der Waals surface area contributed by atoms with Crippen molar-refractivity contribution in [3.05, 3.63) is 27.9 Å². The Balaban J connectivity index is 2.20. The third-order valence-electron chi connectivity index (χ3n) is 3.24. The molecule has 1 aromatic heterocycles. The van der Waals surface area contributed by atoms with E-state index in [1.54, 1.807) is 0 Å². The van der Waals surface area contributed by atoms with Crippen LogP contribution in [0.3, 0.4) is 0 Å². The lowest BCUT2D eigenvalue weighted by molar-refractivity contribution is -0.384. The van der Waals surface area contributed by atoms with Crippen LogP contribution in [0.1, 0.15) is 18.9 Å². The van der Waals surface area contributed by atoms with Gasteiger partial charge in [0.05, 0.1) is 22.6 Å². The number of nitrogens with one attached hydrogen (secondary N) is 1. The van der Waals surface area contributed by atoms with E-state index in [0.29, 0.717) is 13.0 Å². The number of aromatic nitrogens is 1. The first-order valence-corrected chi connectivity index (χ1v) is 6.25. The second-order valence-electron chi connectivity index (χ2n) is 4.52. The summed E-state index contributed by atoms with van der Waals surface area (Å²) in [5.74, 6) is 0.110. The van der Waals surface area contributed by atoms with E-state index in [2.05, 4.69) is 10.3 Å². The van der Waals surface area contributed by atoms with Gasteiger partial charge in [-0.15, -0.1) is 0 Å².